The number of phenols is 1. The van der Waals surface area contributed by atoms with Crippen molar-refractivity contribution in [3.63, 3.8) is 0 Å². The molecule has 1 heterocycles. The Balaban J connectivity index is 1.46. The number of hydrogen-bond donors (Lipinski definition) is 3. The first-order valence-electron chi connectivity index (χ1n) is 8.93. The molecule has 3 rings (SSSR count). The number of nitrogens with zero attached hydrogens (tertiary/aromatic N) is 1. The monoisotopic (exact) mass is 374 g/mol. The molecular weight excluding hydrogens is 350 g/mol. The van der Waals surface area contributed by atoms with Gasteiger partial charge in [0.2, 0.25) is 0 Å². The molecule has 2 aromatic carbocycles. The molecule has 0 radical (unpaired) electrons. The van der Waals surface area contributed by atoms with Gasteiger partial charge in [-0.1, -0.05) is 23.7 Å². The van der Waals surface area contributed by atoms with Gasteiger partial charge in [-0.25, -0.2) is 0 Å². The predicted octanol–water partition coefficient (Wildman–Crippen LogP) is 1.63. The van der Waals surface area contributed by atoms with Crippen molar-refractivity contribution in [2.24, 2.45) is 0 Å². The summed E-state index contributed by atoms with van der Waals surface area (Å²) in [5.41, 5.74) is 2.12. The SMILES string of the molecule is C[C@H](NC(=O)C[NH+]1CCN(c2ccc(O)cc2)CC1)c1cccc(Cl)c1. The lowest BCUT2D eigenvalue weighted by Crippen LogP contribution is -3.15. The van der Waals surface area contributed by atoms with E-state index in [0.717, 1.165) is 37.4 Å². The van der Waals surface area contributed by atoms with E-state index in [2.05, 4.69) is 10.2 Å². The minimum absolute atomic E-state index is 0.0566. The van der Waals surface area contributed by atoms with Gasteiger partial charge in [-0.15, -0.1) is 0 Å². The first-order chi connectivity index (χ1) is 12.5. The minimum Gasteiger partial charge on any atom is -0.508 e. The zero-order valence-corrected chi connectivity index (χ0v) is 15.7. The van der Waals surface area contributed by atoms with Crippen LogP contribution < -0.4 is 15.1 Å². The van der Waals surface area contributed by atoms with Crippen molar-refractivity contribution in [1.29, 1.82) is 0 Å². The van der Waals surface area contributed by atoms with Gasteiger partial charge in [0, 0.05) is 10.7 Å². The van der Waals surface area contributed by atoms with E-state index in [1.807, 2.05) is 43.3 Å². The maximum atomic E-state index is 12.4. The summed E-state index contributed by atoms with van der Waals surface area (Å²) in [5.74, 6) is 0.342. The standard InChI is InChI=1S/C20H24ClN3O2/c1-15(16-3-2-4-17(21)13-16)22-20(26)14-23-9-11-24(12-10-23)18-5-7-19(25)8-6-18/h2-8,13,15,25H,9-12,14H2,1H3,(H,22,26)/p+1/t15-/m0/s1. The maximum Gasteiger partial charge on any atom is 0.275 e. The van der Waals surface area contributed by atoms with Crippen LogP contribution in [0.3, 0.4) is 0 Å². The van der Waals surface area contributed by atoms with Crippen molar-refractivity contribution in [2.45, 2.75) is 13.0 Å². The largest absolute Gasteiger partial charge is 0.508 e. The quantitative estimate of drug-likeness (QED) is 0.745. The maximum absolute atomic E-state index is 12.4. The smallest absolute Gasteiger partial charge is 0.275 e. The van der Waals surface area contributed by atoms with E-state index < -0.39 is 0 Å². The Kier molecular flexibility index (Phi) is 6.01. The molecule has 0 bridgehead atoms. The topological polar surface area (TPSA) is 57.0 Å². The number of halogens is 1. The van der Waals surface area contributed by atoms with Crippen LogP contribution in [-0.4, -0.2) is 43.7 Å². The molecule has 2 aromatic rings. The van der Waals surface area contributed by atoms with E-state index in [9.17, 15) is 9.90 Å². The lowest BCUT2D eigenvalue weighted by atomic mass is 10.1. The molecule has 3 N–H and O–H groups in total. The molecule has 5 nitrogen and oxygen atoms in total. The minimum atomic E-state index is -0.0566. The van der Waals surface area contributed by atoms with Crippen LogP contribution in [0.5, 0.6) is 5.75 Å². The normalized spacial score (nSPS) is 16.3. The van der Waals surface area contributed by atoms with Crippen LogP contribution in [0.1, 0.15) is 18.5 Å². The summed E-state index contributed by atoms with van der Waals surface area (Å²) in [6, 6.07) is 14.8. The van der Waals surface area contributed by atoms with Crippen LogP contribution in [0.15, 0.2) is 48.5 Å². The molecule has 0 spiro atoms. The van der Waals surface area contributed by atoms with E-state index in [1.54, 1.807) is 12.1 Å². The number of amides is 1. The number of benzene rings is 2. The third-order valence-electron chi connectivity index (χ3n) is 4.82. The third kappa shape index (κ3) is 4.90. The predicted molar refractivity (Wildman–Crippen MR) is 104 cm³/mol. The van der Waals surface area contributed by atoms with Crippen molar-refractivity contribution in [3.05, 3.63) is 59.1 Å². The van der Waals surface area contributed by atoms with Crippen LogP contribution in [0.25, 0.3) is 0 Å². The Morgan fingerprint density at radius 3 is 2.58 bits per heavy atom. The number of carbonyl (C=O) groups excluding carboxylic acids is 1. The highest BCUT2D eigenvalue weighted by Crippen LogP contribution is 2.18. The van der Waals surface area contributed by atoms with E-state index >= 15 is 0 Å². The molecule has 1 saturated heterocycles. The van der Waals surface area contributed by atoms with Gasteiger partial charge in [-0.05, 0) is 48.9 Å². The number of quaternary nitrogens is 1. The van der Waals surface area contributed by atoms with Crippen molar-refractivity contribution in [3.8, 4) is 5.75 Å². The molecule has 138 valence electrons. The average molecular weight is 375 g/mol. The molecule has 1 atom stereocenters. The van der Waals surface area contributed by atoms with Crippen molar-refractivity contribution < 1.29 is 14.8 Å². The molecule has 1 fully saturated rings. The Morgan fingerprint density at radius 1 is 1.23 bits per heavy atom. The molecule has 0 unspecified atom stereocenters. The number of phenolic OH excluding ortho intramolecular Hbond substituents is 1. The number of anilines is 1. The zero-order valence-electron chi connectivity index (χ0n) is 14.9. The van der Waals surface area contributed by atoms with Crippen molar-refractivity contribution in [1.82, 2.24) is 5.32 Å². The second kappa shape index (κ2) is 8.43. The number of nitrogens with one attached hydrogen (secondary N) is 2. The molecule has 6 heteroatoms. The van der Waals surface area contributed by atoms with Crippen LogP contribution in [-0.2, 0) is 4.79 Å². The Hall–Kier alpha value is -2.24. The highest BCUT2D eigenvalue weighted by molar-refractivity contribution is 6.30. The van der Waals surface area contributed by atoms with Gasteiger partial charge in [0.15, 0.2) is 6.54 Å². The van der Waals surface area contributed by atoms with Crippen LogP contribution in [0, 0.1) is 0 Å². The van der Waals surface area contributed by atoms with E-state index in [4.69, 9.17) is 11.6 Å². The van der Waals surface area contributed by atoms with Gasteiger partial charge < -0.3 is 20.2 Å². The molecule has 1 aliphatic heterocycles. The molecule has 1 aliphatic rings. The molecule has 0 aliphatic carbocycles. The highest BCUT2D eigenvalue weighted by atomic mass is 35.5. The highest BCUT2D eigenvalue weighted by Gasteiger charge is 2.23. The number of hydrogen-bond acceptors (Lipinski definition) is 3. The second-order valence-corrected chi connectivity index (χ2v) is 7.21. The summed E-state index contributed by atoms with van der Waals surface area (Å²) in [6.45, 7) is 6.09. The van der Waals surface area contributed by atoms with Gasteiger partial charge in [0.05, 0.1) is 32.2 Å². The fourth-order valence-corrected chi connectivity index (χ4v) is 3.50. The van der Waals surface area contributed by atoms with E-state index in [1.165, 1.54) is 4.90 Å². The van der Waals surface area contributed by atoms with Gasteiger partial charge in [0.1, 0.15) is 5.75 Å². The van der Waals surface area contributed by atoms with Gasteiger partial charge in [-0.2, -0.15) is 0 Å². The second-order valence-electron chi connectivity index (χ2n) is 6.77. The first kappa shape index (κ1) is 18.5. The first-order valence-corrected chi connectivity index (χ1v) is 9.31. The van der Waals surface area contributed by atoms with Crippen molar-refractivity contribution in [2.75, 3.05) is 37.6 Å². The number of aromatic hydroxyl groups is 1. The Bertz CT molecular complexity index is 743. The molecule has 1 amide bonds. The zero-order chi connectivity index (χ0) is 18.5. The third-order valence-corrected chi connectivity index (χ3v) is 5.06. The van der Waals surface area contributed by atoms with Crippen molar-refractivity contribution >= 4 is 23.2 Å². The van der Waals surface area contributed by atoms with Gasteiger partial charge >= 0.3 is 0 Å². The molecular formula is C20H25ClN3O2+. The number of carbonyl (C=O) groups is 1. The Labute approximate surface area is 159 Å². The summed E-state index contributed by atoms with van der Waals surface area (Å²) >= 11 is 6.02. The van der Waals surface area contributed by atoms with E-state index in [-0.39, 0.29) is 17.7 Å². The summed E-state index contributed by atoms with van der Waals surface area (Å²) in [4.78, 5) is 15.9. The number of rotatable bonds is 5. The number of piperazine rings is 1. The molecule has 0 aromatic heterocycles. The molecule has 26 heavy (non-hydrogen) atoms. The average Bonchev–Trinajstić information content (AvgIpc) is 2.63. The van der Waals surface area contributed by atoms with Gasteiger partial charge in [-0.3, -0.25) is 4.79 Å². The van der Waals surface area contributed by atoms with Gasteiger partial charge in [0.25, 0.3) is 5.91 Å². The van der Waals surface area contributed by atoms with Crippen LogP contribution >= 0.6 is 11.6 Å². The summed E-state index contributed by atoms with van der Waals surface area (Å²) in [7, 11) is 0. The lowest BCUT2D eigenvalue weighted by molar-refractivity contribution is -0.892. The fraction of sp³-hybridized carbons (Fsp3) is 0.350. The van der Waals surface area contributed by atoms with E-state index in [0.29, 0.717) is 11.6 Å². The summed E-state index contributed by atoms with van der Waals surface area (Å²) in [5, 5.41) is 13.1. The summed E-state index contributed by atoms with van der Waals surface area (Å²) in [6.07, 6.45) is 0. The van der Waals surface area contributed by atoms with Crippen LogP contribution in [0.2, 0.25) is 5.02 Å². The fourth-order valence-electron chi connectivity index (χ4n) is 3.30. The molecule has 0 saturated carbocycles. The lowest BCUT2D eigenvalue weighted by Gasteiger charge is -2.33. The Morgan fingerprint density at radius 2 is 1.92 bits per heavy atom. The summed E-state index contributed by atoms with van der Waals surface area (Å²) < 4.78 is 0. The van der Waals surface area contributed by atoms with Crippen LogP contribution in [0.4, 0.5) is 5.69 Å².